The topological polar surface area (TPSA) is 77.2 Å². The molecule has 1 aliphatic heterocycles. The van der Waals surface area contributed by atoms with Gasteiger partial charge in [-0.1, -0.05) is 6.07 Å². The van der Waals surface area contributed by atoms with Crippen molar-refractivity contribution in [1.82, 2.24) is 4.98 Å². The van der Waals surface area contributed by atoms with Crippen molar-refractivity contribution in [2.45, 2.75) is 19.3 Å². The summed E-state index contributed by atoms with van der Waals surface area (Å²) in [6, 6.07) is 9.26. The van der Waals surface area contributed by atoms with Crippen LogP contribution in [0.4, 0.5) is 5.69 Å². The van der Waals surface area contributed by atoms with E-state index in [2.05, 4.69) is 16.0 Å². The van der Waals surface area contributed by atoms with Gasteiger partial charge < -0.3 is 10.0 Å². The summed E-state index contributed by atoms with van der Waals surface area (Å²) in [6.07, 6.45) is 4.28. The molecule has 3 rings (SSSR count). The summed E-state index contributed by atoms with van der Waals surface area (Å²) in [7, 11) is 0. The molecule has 0 saturated carbocycles. The Bertz CT molecular complexity index is 795. The number of aromatic nitrogens is 1. The second-order valence-electron chi connectivity index (χ2n) is 5.85. The van der Waals surface area contributed by atoms with E-state index in [-0.39, 0.29) is 0 Å². The highest BCUT2D eigenvalue weighted by atomic mass is 16.4. The summed E-state index contributed by atoms with van der Waals surface area (Å²) in [5, 5.41) is 18.2. The molecule has 0 amide bonds. The molecule has 1 unspecified atom stereocenters. The van der Waals surface area contributed by atoms with Crippen molar-refractivity contribution in [2.75, 3.05) is 18.0 Å². The van der Waals surface area contributed by atoms with Crippen molar-refractivity contribution in [3.63, 3.8) is 0 Å². The summed E-state index contributed by atoms with van der Waals surface area (Å²) in [6.45, 7) is 3.69. The lowest BCUT2D eigenvalue weighted by atomic mass is 9.92. The number of benzene rings is 1. The van der Waals surface area contributed by atoms with Crippen molar-refractivity contribution < 1.29 is 9.90 Å². The number of nitrogens with zero attached hydrogens (tertiary/aromatic N) is 3. The van der Waals surface area contributed by atoms with Crippen LogP contribution in [-0.2, 0) is 0 Å². The molecule has 23 heavy (non-hydrogen) atoms. The predicted molar refractivity (Wildman–Crippen MR) is 86.7 cm³/mol. The molecule has 2 aromatic rings. The lowest BCUT2D eigenvalue weighted by Crippen LogP contribution is -2.19. The van der Waals surface area contributed by atoms with Gasteiger partial charge in [0.1, 0.15) is 6.07 Å². The second kappa shape index (κ2) is 6.09. The number of aromatic carboxylic acids is 1. The molecule has 1 aromatic heterocycles. The lowest BCUT2D eigenvalue weighted by Gasteiger charge is -2.19. The highest BCUT2D eigenvalue weighted by molar-refractivity contribution is 5.88. The van der Waals surface area contributed by atoms with Crippen LogP contribution in [0.3, 0.4) is 0 Å². The molecule has 5 heteroatoms. The first-order chi connectivity index (χ1) is 11.1. The summed E-state index contributed by atoms with van der Waals surface area (Å²) in [5.41, 5.74) is 4.04. The van der Waals surface area contributed by atoms with Crippen LogP contribution in [0.5, 0.6) is 0 Å². The normalized spacial score (nSPS) is 17.0. The Hall–Kier alpha value is -2.87. The zero-order chi connectivity index (χ0) is 16.4. The molecule has 1 aromatic carbocycles. The van der Waals surface area contributed by atoms with Crippen molar-refractivity contribution in [3.05, 3.63) is 58.9 Å². The van der Waals surface area contributed by atoms with Gasteiger partial charge in [0.15, 0.2) is 0 Å². The molecular formula is C18H17N3O2. The van der Waals surface area contributed by atoms with E-state index in [1.54, 1.807) is 24.5 Å². The third-order valence-corrected chi connectivity index (χ3v) is 4.37. The third kappa shape index (κ3) is 3.02. The molecule has 1 saturated heterocycles. The summed E-state index contributed by atoms with van der Waals surface area (Å²) in [4.78, 5) is 17.5. The lowest BCUT2D eigenvalue weighted by molar-refractivity contribution is 0.0696. The fourth-order valence-corrected chi connectivity index (χ4v) is 3.12. The van der Waals surface area contributed by atoms with E-state index in [0.717, 1.165) is 36.3 Å². The largest absolute Gasteiger partial charge is 0.478 e. The zero-order valence-corrected chi connectivity index (χ0v) is 12.9. The summed E-state index contributed by atoms with van der Waals surface area (Å²) < 4.78 is 0. The zero-order valence-electron chi connectivity index (χ0n) is 12.9. The minimum absolute atomic E-state index is 0.292. The van der Waals surface area contributed by atoms with E-state index < -0.39 is 5.97 Å². The minimum Gasteiger partial charge on any atom is -0.478 e. The van der Waals surface area contributed by atoms with E-state index in [4.69, 9.17) is 5.26 Å². The van der Waals surface area contributed by atoms with Gasteiger partial charge in [0.05, 0.1) is 23.0 Å². The Morgan fingerprint density at radius 3 is 2.96 bits per heavy atom. The van der Waals surface area contributed by atoms with Gasteiger partial charge >= 0.3 is 5.97 Å². The number of hydrogen-bond donors (Lipinski definition) is 1. The number of hydrogen-bond acceptors (Lipinski definition) is 4. The van der Waals surface area contributed by atoms with Crippen LogP contribution in [0.25, 0.3) is 0 Å². The average molecular weight is 307 g/mol. The number of carbonyl (C=O) groups is 1. The first kappa shape index (κ1) is 15.0. The molecule has 0 spiro atoms. The smallest absolute Gasteiger partial charge is 0.335 e. The highest BCUT2D eigenvalue weighted by Gasteiger charge is 2.26. The molecular weight excluding hydrogens is 290 g/mol. The SMILES string of the molecule is Cc1ccc(C(=O)O)cc1C1CCN(c2cncc(C#N)c2)C1. The Morgan fingerprint density at radius 2 is 2.22 bits per heavy atom. The van der Waals surface area contributed by atoms with Gasteiger partial charge in [-0.2, -0.15) is 5.26 Å². The van der Waals surface area contributed by atoms with Gasteiger partial charge in [-0.15, -0.1) is 0 Å². The minimum atomic E-state index is -0.896. The van der Waals surface area contributed by atoms with Gasteiger partial charge in [0.2, 0.25) is 0 Å². The number of carboxylic acid groups (broad SMARTS) is 1. The molecule has 0 aliphatic carbocycles. The van der Waals surface area contributed by atoms with E-state index in [1.165, 1.54) is 0 Å². The van der Waals surface area contributed by atoms with Gasteiger partial charge in [-0.05, 0) is 42.7 Å². The molecule has 2 heterocycles. The van der Waals surface area contributed by atoms with E-state index >= 15 is 0 Å². The van der Waals surface area contributed by atoms with Gasteiger partial charge in [0, 0.05) is 25.2 Å². The molecule has 5 nitrogen and oxygen atoms in total. The Morgan fingerprint density at radius 1 is 1.39 bits per heavy atom. The fraction of sp³-hybridized carbons (Fsp3) is 0.278. The summed E-state index contributed by atoms with van der Waals surface area (Å²) >= 11 is 0. The molecule has 1 fully saturated rings. The molecule has 116 valence electrons. The van der Waals surface area contributed by atoms with Crippen molar-refractivity contribution in [2.24, 2.45) is 0 Å². The number of nitriles is 1. The molecule has 1 atom stereocenters. The second-order valence-corrected chi connectivity index (χ2v) is 5.85. The third-order valence-electron chi connectivity index (χ3n) is 4.37. The molecule has 1 aliphatic rings. The van der Waals surface area contributed by atoms with E-state index in [9.17, 15) is 9.90 Å². The maximum atomic E-state index is 11.2. The van der Waals surface area contributed by atoms with Crippen LogP contribution in [-0.4, -0.2) is 29.1 Å². The standard InChI is InChI=1S/C18H17N3O2/c1-12-2-3-14(18(22)23)7-17(12)15-4-5-21(11-15)16-6-13(8-19)9-20-10-16/h2-3,6-7,9-10,15H,4-5,11H2,1H3,(H,22,23). The van der Waals surface area contributed by atoms with Gasteiger partial charge in [-0.3, -0.25) is 4.98 Å². The van der Waals surface area contributed by atoms with Crippen LogP contribution in [0.1, 0.15) is 39.4 Å². The fourth-order valence-electron chi connectivity index (χ4n) is 3.12. The molecule has 0 bridgehead atoms. The summed E-state index contributed by atoms with van der Waals surface area (Å²) in [5.74, 6) is -0.605. The Labute approximate surface area is 134 Å². The van der Waals surface area contributed by atoms with Gasteiger partial charge in [0.25, 0.3) is 0 Å². The quantitative estimate of drug-likeness (QED) is 0.943. The van der Waals surface area contributed by atoms with Crippen molar-refractivity contribution >= 4 is 11.7 Å². The maximum absolute atomic E-state index is 11.2. The number of carboxylic acids is 1. The van der Waals surface area contributed by atoms with Crippen molar-refractivity contribution in [1.29, 1.82) is 5.26 Å². The first-order valence-electron chi connectivity index (χ1n) is 7.52. The van der Waals surface area contributed by atoms with Crippen LogP contribution in [0, 0.1) is 18.3 Å². The van der Waals surface area contributed by atoms with E-state index in [0.29, 0.717) is 17.0 Å². The van der Waals surface area contributed by atoms with Crippen LogP contribution < -0.4 is 4.90 Å². The number of anilines is 1. The highest BCUT2D eigenvalue weighted by Crippen LogP contribution is 2.32. The van der Waals surface area contributed by atoms with Crippen LogP contribution in [0.2, 0.25) is 0 Å². The van der Waals surface area contributed by atoms with Crippen molar-refractivity contribution in [3.8, 4) is 6.07 Å². The number of pyridine rings is 1. The first-order valence-corrected chi connectivity index (χ1v) is 7.52. The van der Waals surface area contributed by atoms with E-state index in [1.807, 2.05) is 19.1 Å². The average Bonchev–Trinajstić information content (AvgIpc) is 3.05. The number of rotatable bonds is 3. The molecule has 1 N–H and O–H groups in total. The monoisotopic (exact) mass is 307 g/mol. The Balaban J connectivity index is 1.84. The predicted octanol–water partition coefficient (Wildman–Crippen LogP) is 2.95. The Kier molecular flexibility index (Phi) is 3.98. The van der Waals surface area contributed by atoms with Crippen LogP contribution >= 0.6 is 0 Å². The number of aryl methyl sites for hydroxylation is 1. The maximum Gasteiger partial charge on any atom is 0.335 e. The van der Waals surface area contributed by atoms with Gasteiger partial charge in [-0.25, -0.2) is 4.79 Å². The van der Waals surface area contributed by atoms with Crippen LogP contribution in [0.15, 0.2) is 36.7 Å². The molecule has 0 radical (unpaired) electrons.